The molecule has 0 fully saturated rings. The number of allylic oxidation sites excluding steroid dienone is 1. The van der Waals surface area contributed by atoms with E-state index in [1.807, 2.05) is 19.2 Å². The van der Waals surface area contributed by atoms with E-state index in [0.717, 1.165) is 0 Å². The molecule has 3 atom stereocenters. The molecule has 0 aliphatic carbocycles. The molecule has 9 nitrogen and oxygen atoms in total. The van der Waals surface area contributed by atoms with Crippen molar-refractivity contribution in [1.82, 2.24) is 15.6 Å². The van der Waals surface area contributed by atoms with Crippen molar-refractivity contribution in [3.63, 3.8) is 0 Å². The molecule has 2 amide bonds. The average molecular weight is 539 g/mol. The monoisotopic (exact) mass is 538 g/mol. The predicted molar refractivity (Wildman–Crippen MR) is 140 cm³/mol. The van der Waals surface area contributed by atoms with Crippen molar-refractivity contribution in [2.75, 3.05) is 11.5 Å². The summed E-state index contributed by atoms with van der Waals surface area (Å²) in [6, 6.07) is -0.894. The Hall–Kier alpha value is -2.18. The van der Waals surface area contributed by atoms with Crippen LogP contribution in [0.15, 0.2) is 22.5 Å². The molecule has 190 valence electrons. The summed E-state index contributed by atoms with van der Waals surface area (Å²) in [6.07, 6.45) is 3.16. The van der Waals surface area contributed by atoms with Crippen LogP contribution in [0.4, 0.5) is 0 Å². The molecule has 4 bridgehead atoms. The van der Waals surface area contributed by atoms with Crippen LogP contribution >= 0.6 is 34.9 Å². The molecule has 12 heteroatoms. The van der Waals surface area contributed by atoms with E-state index in [-0.39, 0.29) is 35.8 Å². The number of carbonyl (C=O) groups is 4. The van der Waals surface area contributed by atoms with Crippen molar-refractivity contribution in [3.8, 4) is 0 Å². The van der Waals surface area contributed by atoms with Gasteiger partial charge in [0.25, 0.3) is 0 Å². The van der Waals surface area contributed by atoms with Crippen molar-refractivity contribution in [3.05, 3.63) is 28.2 Å². The molecule has 3 rings (SSSR count). The maximum atomic E-state index is 13.2. The summed E-state index contributed by atoms with van der Waals surface area (Å²) in [4.78, 5) is 59.2. The fourth-order valence-electron chi connectivity index (χ4n) is 3.35. The maximum absolute atomic E-state index is 13.2. The van der Waals surface area contributed by atoms with Gasteiger partial charge in [-0.05, 0) is 25.3 Å². The van der Waals surface area contributed by atoms with Gasteiger partial charge in [-0.15, -0.1) is 23.1 Å². The van der Waals surface area contributed by atoms with Gasteiger partial charge in [-0.3, -0.25) is 19.4 Å². The first-order chi connectivity index (χ1) is 16.6. The van der Waals surface area contributed by atoms with E-state index in [1.54, 1.807) is 19.1 Å². The SMILES string of the molecule is CC(=O)SCC/C=C/C1CC(=O)NCc2nc(cs2)C2=NC(C)(CS2)C(=O)N[C@@H](C(C)C)C(=O)O1. The topological polar surface area (TPSA) is 127 Å². The lowest BCUT2D eigenvalue weighted by Crippen LogP contribution is -2.53. The van der Waals surface area contributed by atoms with Crippen LogP contribution < -0.4 is 10.6 Å². The Kier molecular flexibility index (Phi) is 9.54. The average Bonchev–Trinajstić information content (AvgIpc) is 3.42. The number of cyclic esters (lactones) is 1. The highest BCUT2D eigenvalue weighted by atomic mass is 32.2. The number of nitrogens with zero attached hydrogens (tertiary/aromatic N) is 2. The number of thioether (sulfide) groups is 2. The van der Waals surface area contributed by atoms with Gasteiger partial charge in [-0.1, -0.05) is 31.7 Å². The summed E-state index contributed by atoms with van der Waals surface area (Å²) in [7, 11) is 0. The van der Waals surface area contributed by atoms with Crippen LogP contribution in [-0.2, 0) is 30.5 Å². The molecule has 35 heavy (non-hydrogen) atoms. The quantitative estimate of drug-likeness (QED) is 0.333. The standard InChI is InChI=1S/C23H30N4O5S3/c1-13(2)19-21(30)32-15(7-5-6-8-33-14(3)28)9-17(29)24-10-18-25-16(11-34-18)20-27-23(4,12-35-20)22(31)26-19/h5,7,11,13,15,19H,6,8-10,12H2,1-4H3,(H,24,29)(H,26,31)/b7-5+/t15?,19-,23?/m0/s1. The number of thiazole rings is 1. The van der Waals surface area contributed by atoms with E-state index >= 15 is 0 Å². The van der Waals surface area contributed by atoms with Gasteiger partial charge in [0.1, 0.15) is 33.4 Å². The summed E-state index contributed by atoms with van der Waals surface area (Å²) in [5.41, 5.74) is -0.354. The van der Waals surface area contributed by atoms with Gasteiger partial charge in [-0.2, -0.15) is 0 Å². The van der Waals surface area contributed by atoms with Gasteiger partial charge in [-0.25, -0.2) is 9.78 Å². The summed E-state index contributed by atoms with van der Waals surface area (Å²) in [5.74, 6) is -0.472. The normalized spacial score (nSPS) is 25.9. The van der Waals surface area contributed by atoms with Crippen LogP contribution in [0, 0.1) is 5.92 Å². The Labute approximate surface area is 217 Å². The predicted octanol–water partition coefficient (Wildman–Crippen LogP) is 2.69. The highest BCUT2D eigenvalue weighted by Gasteiger charge is 2.41. The molecule has 2 aliphatic rings. The fraction of sp³-hybridized carbons (Fsp3) is 0.565. The minimum atomic E-state index is -1.03. The van der Waals surface area contributed by atoms with Crippen molar-refractivity contribution >= 4 is 62.8 Å². The molecule has 2 unspecified atom stereocenters. The van der Waals surface area contributed by atoms with Gasteiger partial charge in [0, 0.05) is 23.8 Å². The second kappa shape index (κ2) is 12.2. The van der Waals surface area contributed by atoms with Crippen molar-refractivity contribution < 1.29 is 23.9 Å². The number of carbonyl (C=O) groups excluding carboxylic acids is 4. The number of amides is 2. The second-order valence-corrected chi connectivity index (χ2v) is 12.0. The molecule has 3 heterocycles. The largest absolute Gasteiger partial charge is 0.456 e. The third kappa shape index (κ3) is 7.65. The number of fused-ring (bicyclic) bond motifs is 4. The first-order valence-corrected chi connectivity index (χ1v) is 14.2. The molecule has 2 aliphatic heterocycles. The summed E-state index contributed by atoms with van der Waals surface area (Å²) >= 11 is 4.05. The third-order valence-electron chi connectivity index (χ3n) is 5.34. The summed E-state index contributed by atoms with van der Waals surface area (Å²) < 4.78 is 5.68. The molecule has 0 aromatic carbocycles. The Morgan fingerprint density at radius 1 is 1.37 bits per heavy atom. The van der Waals surface area contributed by atoms with Crippen molar-refractivity contribution in [1.29, 1.82) is 0 Å². The number of nitrogens with one attached hydrogen (secondary N) is 2. The Morgan fingerprint density at radius 2 is 2.14 bits per heavy atom. The zero-order valence-corrected chi connectivity index (χ0v) is 22.6. The zero-order valence-electron chi connectivity index (χ0n) is 20.2. The Morgan fingerprint density at radius 3 is 2.86 bits per heavy atom. The first-order valence-electron chi connectivity index (χ1n) is 11.3. The molecule has 1 aromatic rings. The molecular formula is C23H30N4O5S3. The highest BCUT2D eigenvalue weighted by Crippen LogP contribution is 2.32. The molecule has 0 saturated carbocycles. The lowest BCUT2D eigenvalue weighted by atomic mass is 10.0. The van der Waals surface area contributed by atoms with Crippen LogP contribution in [0.3, 0.4) is 0 Å². The van der Waals surface area contributed by atoms with Crippen LogP contribution in [0.5, 0.6) is 0 Å². The number of hydrogen-bond acceptors (Lipinski definition) is 10. The lowest BCUT2D eigenvalue weighted by Gasteiger charge is -2.27. The van der Waals surface area contributed by atoms with Gasteiger partial charge >= 0.3 is 5.97 Å². The smallest absolute Gasteiger partial charge is 0.329 e. The minimum absolute atomic E-state index is 0.0283. The van der Waals surface area contributed by atoms with E-state index in [9.17, 15) is 19.2 Å². The number of esters is 1. The van der Waals surface area contributed by atoms with Crippen LogP contribution in [0.1, 0.15) is 51.2 Å². The molecule has 0 radical (unpaired) electrons. The van der Waals surface area contributed by atoms with Gasteiger partial charge in [0.05, 0.1) is 13.0 Å². The molecule has 2 N–H and O–H groups in total. The number of hydrogen-bond donors (Lipinski definition) is 2. The lowest BCUT2D eigenvalue weighted by molar-refractivity contribution is -0.153. The molecule has 1 aromatic heterocycles. The number of rotatable bonds is 5. The number of aromatic nitrogens is 1. The Balaban J connectivity index is 1.84. The Bertz CT molecular complexity index is 1040. The van der Waals surface area contributed by atoms with Gasteiger partial charge in [0.2, 0.25) is 11.8 Å². The second-order valence-electron chi connectivity index (χ2n) is 8.81. The first kappa shape index (κ1) is 27.4. The van der Waals surface area contributed by atoms with Crippen LogP contribution in [-0.4, -0.2) is 62.1 Å². The van der Waals surface area contributed by atoms with E-state index < -0.39 is 23.7 Å². The molecule has 0 saturated heterocycles. The maximum Gasteiger partial charge on any atom is 0.329 e. The van der Waals surface area contributed by atoms with E-state index in [4.69, 9.17) is 4.74 Å². The van der Waals surface area contributed by atoms with Crippen molar-refractivity contribution in [2.24, 2.45) is 10.9 Å². The number of ether oxygens (including phenoxy) is 1. The van der Waals surface area contributed by atoms with E-state index in [0.29, 0.717) is 33.7 Å². The zero-order chi connectivity index (χ0) is 25.6. The summed E-state index contributed by atoms with van der Waals surface area (Å²) in [5, 5.41) is 8.93. The minimum Gasteiger partial charge on any atom is -0.456 e. The highest BCUT2D eigenvalue weighted by molar-refractivity contribution is 8.14. The van der Waals surface area contributed by atoms with Gasteiger partial charge in [0.15, 0.2) is 5.12 Å². The van der Waals surface area contributed by atoms with Gasteiger partial charge < -0.3 is 15.4 Å². The molecular weight excluding hydrogens is 508 g/mol. The third-order valence-corrected chi connectivity index (χ3v) is 8.31. The van der Waals surface area contributed by atoms with E-state index in [2.05, 4.69) is 20.6 Å². The fourth-order valence-corrected chi connectivity index (χ4v) is 5.82. The van der Waals surface area contributed by atoms with Crippen LogP contribution in [0.2, 0.25) is 0 Å². The summed E-state index contributed by atoms with van der Waals surface area (Å²) in [6.45, 7) is 7.13. The van der Waals surface area contributed by atoms with Crippen LogP contribution in [0.25, 0.3) is 0 Å². The molecule has 0 spiro atoms. The number of aliphatic imine (C=N–C) groups is 1. The van der Waals surface area contributed by atoms with E-state index in [1.165, 1.54) is 41.8 Å². The van der Waals surface area contributed by atoms with Crippen molar-refractivity contribution in [2.45, 2.75) is 64.8 Å².